The summed E-state index contributed by atoms with van der Waals surface area (Å²) in [5.41, 5.74) is 1.17. The van der Waals surface area contributed by atoms with Gasteiger partial charge in [-0.25, -0.2) is 0 Å². The van der Waals surface area contributed by atoms with E-state index in [1.807, 2.05) is 46.9 Å². The summed E-state index contributed by atoms with van der Waals surface area (Å²) in [5.74, 6) is 2.97. The highest BCUT2D eigenvalue weighted by molar-refractivity contribution is 14.1. The van der Waals surface area contributed by atoms with E-state index in [2.05, 4.69) is 9.85 Å². The van der Waals surface area contributed by atoms with Gasteiger partial charge >= 0.3 is 0 Å². The van der Waals surface area contributed by atoms with E-state index >= 15 is 0 Å². The molecular formula is C9H6ClI. The third kappa shape index (κ3) is 3.13. The van der Waals surface area contributed by atoms with Gasteiger partial charge in [0.25, 0.3) is 0 Å². The van der Waals surface area contributed by atoms with Gasteiger partial charge in [-0.05, 0) is 21.6 Å². The first-order chi connectivity index (χ1) is 5.33. The molecule has 0 saturated carbocycles. The highest BCUT2D eigenvalue weighted by Gasteiger charge is 1.89. The van der Waals surface area contributed by atoms with Crippen molar-refractivity contribution >= 4 is 34.2 Å². The van der Waals surface area contributed by atoms with Crippen molar-refractivity contribution in [1.29, 1.82) is 0 Å². The molecule has 0 saturated heterocycles. The molecule has 0 N–H and O–H groups in total. The zero-order valence-electron chi connectivity index (χ0n) is 5.77. The number of hydrogen-bond donors (Lipinski definition) is 0. The Balaban J connectivity index is 2.76. The van der Waals surface area contributed by atoms with Crippen molar-refractivity contribution in [1.82, 2.24) is 0 Å². The summed E-state index contributed by atoms with van der Waals surface area (Å²) in [4.78, 5) is 0. The molecule has 0 fully saturated rings. The van der Waals surface area contributed by atoms with Crippen molar-refractivity contribution < 1.29 is 0 Å². The molecule has 0 aliphatic carbocycles. The Kier molecular flexibility index (Phi) is 3.74. The smallest absolute Gasteiger partial charge is 0.0409 e. The molecule has 0 heterocycles. The number of rotatable bonds is 1. The second-order valence-corrected chi connectivity index (χ2v) is 3.05. The third-order valence-electron chi connectivity index (χ3n) is 1.25. The molecule has 0 radical (unpaired) electrons. The standard InChI is InChI=1S/C9H6ClI/c10-9-5-1-3-8(7-9)4-2-6-11/h1,3,5,7H,4H2. The van der Waals surface area contributed by atoms with Crippen LogP contribution in [0.25, 0.3) is 0 Å². The van der Waals surface area contributed by atoms with E-state index in [1.54, 1.807) is 0 Å². The first-order valence-corrected chi connectivity index (χ1v) is 4.61. The Labute approximate surface area is 85.1 Å². The molecule has 0 atom stereocenters. The lowest BCUT2D eigenvalue weighted by atomic mass is 10.2. The number of halogens is 2. The zero-order chi connectivity index (χ0) is 8.10. The van der Waals surface area contributed by atoms with Gasteiger partial charge in [-0.15, -0.1) is 0 Å². The van der Waals surface area contributed by atoms with Gasteiger partial charge in [0.15, 0.2) is 0 Å². The monoisotopic (exact) mass is 276 g/mol. The molecule has 0 unspecified atom stereocenters. The van der Waals surface area contributed by atoms with Crippen LogP contribution in [0.3, 0.4) is 0 Å². The maximum atomic E-state index is 5.77. The minimum atomic E-state index is 0.776. The fourth-order valence-corrected chi connectivity index (χ4v) is 1.19. The minimum absolute atomic E-state index is 0.776. The van der Waals surface area contributed by atoms with Crippen LogP contribution in [0.5, 0.6) is 0 Å². The van der Waals surface area contributed by atoms with Crippen LogP contribution in [0.1, 0.15) is 5.56 Å². The third-order valence-corrected chi connectivity index (χ3v) is 1.86. The fourth-order valence-electron chi connectivity index (χ4n) is 0.782. The van der Waals surface area contributed by atoms with Gasteiger partial charge < -0.3 is 0 Å². The van der Waals surface area contributed by atoms with Gasteiger partial charge in [-0.2, -0.15) is 0 Å². The van der Waals surface area contributed by atoms with Crippen LogP contribution in [-0.4, -0.2) is 0 Å². The maximum absolute atomic E-state index is 5.77. The zero-order valence-corrected chi connectivity index (χ0v) is 8.69. The average Bonchev–Trinajstić information content (AvgIpc) is 2.01. The fraction of sp³-hybridized carbons (Fsp3) is 0.111. The van der Waals surface area contributed by atoms with Gasteiger partial charge in [-0.3, -0.25) is 0 Å². The SMILES string of the molecule is Clc1cccc(CC#CI)c1. The normalized spacial score (nSPS) is 8.55. The lowest BCUT2D eigenvalue weighted by molar-refractivity contribution is 1.32. The van der Waals surface area contributed by atoms with Gasteiger partial charge in [0.1, 0.15) is 0 Å². The molecule has 0 amide bonds. The lowest BCUT2D eigenvalue weighted by Crippen LogP contribution is -1.78. The summed E-state index contributed by atoms with van der Waals surface area (Å²) in [7, 11) is 0. The van der Waals surface area contributed by atoms with Crippen molar-refractivity contribution in [2.45, 2.75) is 6.42 Å². The van der Waals surface area contributed by atoms with Crippen LogP contribution in [-0.2, 0) is 6.42 Å². The van der Waals surface area contributed by atoms with Gasteiger partial charge in [-0.1, -0.05) is 29.7 Å². The van der Waals surface area contributed by atoms with Crippen LogP contribution in [0, 0.1) is 9.85 Å². The summed E-state index contributed by atoms with van der Waals surface area (Å²) < 4.78 is 2.81. The molecule has 0 spiro atoms. The van der Waals surface area contributed by atoms with Crippen LogP contribution in [0.4, 0.5) is 0 Å². The predicted molar refractivity (Wildman–Crippen MR) is 57.0 cm³/mol. The number of hydrogen-bond acceptors (Lipinski definition) is 0. The highest BCUT2D eigenvalue weighted by Crippen LogP contribution is 2.10. The number of benzene rings is 1. The van der Waals surface area contributed by atoms with Crippen molar-refractivity contribution in [2.75, 3.05) is 0 Å². The topological polar surface area (TPSA) is 0 Å². The first-order valence-electron chi connectivity index (χ1n) is 3.16. The summed E-state index contributed by atoms with van der Waals surface area (Å²) in [6.45, 7) is 0. The molecule has 1 aromatic carbocycles. The quantitative estimate of drug-likeness (QED) is 0.545. The molecule has 0 aliphatic rings. The van der Waals surface area contributed by atoms with E-state index in [-0.39, 0.29) is 0 Å². The van der Waals surface area contributed by atoms with Crippen LogP contribution in [0.2, 0.25) is 5.02 Å². The molecule has 0 aliphatic heterocycles. The molecule has 0 aromatic heterocycles. The molecule has 2 heteroatoms. The van der Waals surface area contributed by atoms with Crippen LogP contribution in [0.15, 0.2) is 24.3 Å². The van der Waals surface area contributed by atoms with E-state index in [1.165, 1.54) is 5.56 Å². The van der Waals surface area contributed by atoms with E-state index in [4.69, 9.17) is 11.6 Å². The van der Waals surface area contributed by atoms with E-state index < -0.39 is 0 Å². The Bertz CT molecular complexity index is 296. The van der Waals surface area contributed by atoms with Gasteiger partial charge in [0.05, 0.1) is 0 Å². The van der Waals surface area contributed by atoms with Crippen LogP contribution < -0.4 is 0 Å². The van der Waals surface area contributed by atoms with Crippen molar-refractivity contribution in [3.8, 4) is 9.85 Å². The van der Waals surface area contributed by atoms with Crippen molar-refractivity contribution in [3.63, 3.8) is 0 Å². The molecule has 1 aromatic rings. The van der Waals surface area contributed by atoms with Crippen LogP contribution >= 0.6 is 34.2 Å². The minimum Gasteiger partial charge on any atom is -0.0871 e. The second kappa shape index (κ2) is 4.63. The molecule has 0 bridgehead atoms. The predicted octanol–water partition coefficient (Wildman–Crippen LogP) is 3.28. The van der Waals surface area contributed by atoms with E-state index in [0.717, 1.165) is 11.4 Å². The Hall–Kier alpha value is -0.200. The van der Waals surface area contributed by atoms with E-state index in [9.17, 15) is 0 Å². The molecule has 56 valence electrons. The van der Waals surface area contributed by atoms with Gasteiger partial charge in [0.2, 0.25) is 0 Å². The molecule has 1 rings (SSSR count). The summed E-state index contributed by atoms with van der Waals surface area (Å²) >= 11 is 7.80. The van der Waals surface area contributed by atoms with Crippen molar-refractivity contribution in [2.24, 2.45) is 0 Å². The lowest BCUT2D eigenvalue weighted by Gasteiger charge is -1.93. The summed E-state index contributed by atoms with van der Waals surface area (Å²) in [6.07, 6.45) is 0.781. The molecule has 0 nitrogen and oxygen atoms in total. The van der Waals surface area contributed by atoms with E-state index in [0.29, 0.717) is 0 Å². The molecule has 11 heavy (non-hydrogen) atoms. The summed E-state index contributed by atoms with van der Waals surface area (Å²) in [6, 6.07) is 7.75. The molecular weight excluding hydrogens is 270 g/mol. The average molecular weight is 277 g/mol. The maximum Gasteiger partial charge on any atom is 0.0409 e. The Morgan fingerprint density at radius 1 is 1.45 bits per heavy atom. The largest absolute Gasteiger partial charge is 0.0871 e. The second-order valence-electron chi connectivity index (χ2n) is 2.08. The van der Waals surface area contributed by atoms with Crippen molar-refractivity contribution in [3.05, 3.63) is 34.9 Å². The Morgan fingerprint density at radius 3 is 2.91 bits per heavy atom. The highest BCUT2D eigenvalue weighted by atomic mass is 127. The summed E-state index contributed by atoms with van der Waals surface area (Å²) in [5, 5.41) is 0.776. The Morgan fingerprint density at radius 2 is 2.27 bits per heavy atom. The first kappa shape index (κ1) is 8.89. The van der Waals surface area contributed by atoms with Gasteiger partial charge in [0, 0.05) is 34.0 Å².